The zero-order valence-corrected chi connectivity index (χ0v) is 13.3. The first kappa shape index (κ1) is 15.2. The second-order valence-electron chi connectivity index (χ2n) is 4.98. The lowest BCUT2D eigenvalue weighted by Gasteiger charge is -2.06. The Morgan fingerprint density at radius 3 is 2.83 bits per heavy atom. The van der Waals surface area contributed by atoms with E-state index in [9.17, 15) is 5.26 Å². The Morgan fingerprint density at radius 2 is 2.13 bits per heavy atom. The highest BCUT2D eigenvalue weighted by atomic mass is 32.2. The van der Waals surface area contributed by atoms with Gasteiger partial charge in [-0.3, -0.25) is 0 Å². The molecule has 1 aromatic carbocycles. The lowest BCUT2D eigenvalue weighted by molar-refractivity contribution is 0.397. The van der Waals surface area contributed by atoms with Gasteiger partial charge in [-0.2, -0.15) is 10.4 Å². The van der Waals surface area contributed by atoms with E-state index in [1.165, 1.54) is 23.7 Å². The zero-order valence-electron chi connectivity index (χ0n) is 12.5. The van der Waals surface area contributed by atoms with Crippen LogP contribution in [0.15, 0.2) is 46.6 Å². The SMILES string of the molecule is Cc1ccc(CC(C#N)Sc2nnc(Cn3cncn3)o2)cc1. The van der Waals surface area contributed by atoms with E-state index in [0.29, 0.717) is 24.1 Å². The van der Waals surface area contributed by atoms with Crippen LogP contribution in [0.2, 0.25) is 0 Å². The number of nitrogens with zero attached hydrogens (tertiary/aromatic N) is 6. The summed E-state index contributed by atoms with van der Waals surface area (Å²) in [6.45, 7) is 2.40. The third-order valence-electron chi connectivity index (χ3n) is 3.14. The Kier molecular flexibility index (Phi) is 4.68. The van der Waals surface area contributed by atoms with Crippen molar-refractivity contribution in [3.63, 3.8) is 0 Å². The fraction of sp³-hybridized carbons (Fsp3) is 0.267. The van der Waals surface area contributed by atoms with E-state index in [0.717, 1.165) is 5.56 Å². The van der Waals surface area contributed by atoms with Crippen molar-refractivity contribution in [3.05, 3.63) is 53.9 Å². The van der Waals surface area contributed by atoms with Gasteiger partial charge in [-0.25, -0.2) is 9.67 Å². The molecule has 2 aromatic heterocycles. The van der Waals surface area contributed by atoms with E-state index >= 15 is 0 Å². The van der Waals surface area contributed by atoms with Gasteiger partial charge in [0.1, 0.15) is 24.4 Å². The van der Waals surface area contributed by atoms with Crippen LogP contribution in [-0.4, -0.2) is 30.2 Å². The third-order valence-corrected chi connectivity index (χ3v) is 4.06. The number of rotatable bonds is 6. The highest BCUT2D eigenvalue weighted by Crippen LogP contribution is 2.24. The summed E-state index contributed by atoms with van der Waals surface area (Å²) in [5.74, 6) is 0.435. The number of nitriles is 1. The zero-order chi connectivity index (χ0) is 16.1. The Bertz CT molecular complexity index is 790. The van der Waals surface area contributed by atoms with E-state index in [4.69, 9.17) is 4.42 Å². The van der Waals surface area contributed by atoms with Crippen molar-refractivity contribution in [3.8, 4) is 6.07 Å². The highest BCUT2D eigenvalue weighted by Gasteiger charge is 2.16. The monoisotopic (exact) mass is 326 g/mol. The molecule has 0 aliphatic rings. The first-order valence-corrected chi connectivity index (χ1v) is 7.87. The van der Waals surface area contributed by atoms with Gasteiger partial charge in [0, 0.05) is 0 Å². The Labute approximate surface area is 137 Å². The van der Waals surface area contributed by atoms with Crippen LogP contribution < -0.4 is 0 Å². The molecule has 0 fully saturated rings. The Hall–Kier alpha value is -2.66. The highest BCUT2D eigenvalue weighted by molar-refractivity contribution is 7.99. The molecule has 116 valence electrons. The molecule has 1 atom stereocenters. The maximum absolute atomic E-state index is 9.33. The molecule has 8 heteroatoms. The lowest BCUT2D eigenvalue weighted by atomic mass is 10.1. The van der Waals surface area contributed by atoms with Crippen molar-refractivity contribution in [2.75, 3.05) is 0 Å². The average Bonchev–Trinajstić information content (AvgIpc) is 3.21. The summed E-state index contributed by atoms with van der Waals surface area (Å²) in [5, 5.41) is 21.4. The molecule has 2 heterocycles. The van der Waals surface area contributed by atoms with Crippen molar-refractivity contribution >= 4 is 11.8 Å². The quantitative estimate of drug-likeness (QED) is 0.641. The summed E-state index contributed by atoms with van der Waals surface area (Å²) in [6.07, 6.45) is 3.65. The molecule has 3 aromatic rings. The lowest BCUT2D eigenvalue weighted by Crippen LogP contribution is -2.03. The predicted molar refractivity (Wildman–Crippen MR) is 83.6 cm³/mol. The van der Waals surface area contributed by atoms with Crippen LogP contribution in [0.3, 0.4) is 0 Å². The second kappa shape index (κ2) is 7.07. The molecule has 0 aliphatic carbocycles. The van der Waals surface area contributed by atoms with Crippen molar-refractivity contribution in [2.24, 2.45) is 0 Å². The summed E-state index contributed by atoms with van der Waals surface area (Å²) in [4.78, 5) is 3.85. The summed E-state index contributed by atoms with van der Waals surface area (Å²) < 4.78 is 7.14. The van der Waals surface area contributed by atoms with E-state index < -0.39 is 0 Å². The van der Waals surface area contributed by atoms with Gasteiger partial charge in [-0.15, -0.1) is 10.2 Å². The molecule has 0 bridgehead atoms. The minimum absolute atomic E-state index is 0.280. The molecule has 7 nitrogen and oxygen atoms in total. The molecule has 1 unspecified atom stereocenters. The Morgan fingerprint density at radius 1 is 1.30 bits per heavy atom. The van der Waals surface area contributed by atoms with Crippen LogP contribution in [0.4, 0.5) is 0 Å². The van der Waals surface area contributed by atoms with E-state index in [1.807, 2.05) is 31.2 Å². The van der Waals surface area contributed by atoms with Gasteiger partial charge in [-0.1, -0.05) is 29.8 Å². The van der Waals surface area contributed by atoms with Crippen molar-refractivity contribution < 1.29 is 4.42 Å². The summed E-state index contributed by atoms with van der Waals surface area (Å²) in [5.41, 5.74) is 2.31. The molecule has 23 heavy (non-hydrogen) atoms. The molecule has 3 rings (SSSR count). The molecular formula is C15H14N6OS. The first-order valence-electron chi connectivity index (χ1n) is 6.99. The van der Waals surface area contributed by atoms with Crippen LogP contribution in [-0.2, 0) is 13.0 Å². The molecule has 0 saturated heterocycles. The molecular weight excluding hydrogens is 312 g/mol. The Balaban J connectivity index is 1.62. The predicted octanol–water partition coefficient (Wildman–Crippen LogP) is 2.24. The van der Waals surface area contributed by atoms with Gasteiger partial charge >= 0.3 is 0 Å². The van der Waals surface area contributed by atoms with Crippen LogP contribution in [0.1, 0.15) is 17.0 Å². The summed E-state index contributed by atoms with van der Waals surface area (Å²) in [7, 11) is 0. The molecule has 0 aliphatic heterocycles. The maximum Gasteiger partial charge on any atom is 0.277 e. The fourth-order valence-corrected chi connectivity index (χ4v) is 2.78. The first-order chi connectivity index (χ1) is 11.2. The molecule has 0 radical (unpaired) electrons. The minimum atomic E-state index is -0.280. The van der Waals surface area contributed by atoms with Crippen molar-refractivity contribution in [1.29, 1.82) is 5.26 Å². The number of aromatic nitrogens is 5. The van der Waals surface area contributed by atoms with Crippen LogP contribution >= 0.6 is 11.8 Å². The van der Waals surface area contributed by atoms with Crippen LogP contribution in [0.5, 0.6) is 0 Å². The van der Waals surface area contributed by atoms with Crippen molar-refractivity contribution in [2.45, 2.75) is 30.4 Å². The van der Waals surface area contributed by atoms with Gasteiger partial charge in [0.15, 0.2) is 0 Å². The number of aryl methyl sites for hydroxylation is 1. The van der Waals surface area contributed by atoms with Gasteiger partial charge in [0.05, 0.1) is 6.07 Å². The van der Waals surface area contributed by atoms with Gasteiger partial charge in [0.2, 0.25) is 5.89 Å². The normalized spacial score (nSPS) is 12.0. The number of hydrogen-bond acceptors (Lipinski definition) is 7. The largest absolute Gasteiger partial charge is 0.414 e. The molecule has 0 amide bonds. The maximum atomic E-state index is 9.33. The average molecular weight is 326 g/mol. The topological polar surface area (TPSA) is 93.4 Å². The number of hydrogen-bond donors (Lipinski definition) is 0. The van der Waals surface area contributed by atoms with E-state index in [-0.39, 0.29) is 5.25 Å². The van der Waals surface area contributed by atoms with Crippen LogP contribution in [0, 0.1) is 18.3 Å². The van der Waals surface area contributed by atoms with Gasteiger partial charge < -0.3 is 4.42 Å². The standard InChI is InChI=1S/C15H14N6OS/c1-11-2-4-12(5-3-11)6-13(7-16)23-15-20-19-14(22-15)8-21-10-17-9-18-21/h2-5,9-10,13H,6,8H2,1H3. The summed E-state index contributed by atoms with van der Waals surface area (Å²) in [6, 6.07) is 10.4. The minimum Gasteiger partial charge on any atom is -0.414 e. The van der Waals surface area contributed by atoms with Crippen molar-refractivity contribution in [1.82, 2.24) is 25.0 Å². The fourth-order valence-electron chi connectivity index (χ4n) is 1.98. The van der Waals surface area contributed by atoms with Gasteiger partial charge in [-0.05, 0) is 30.7 Å². The smallest absolute Gasteiger partial charge is 0.277 e. The van der Waals surface area contributed by atoms with E-state index in [1.54, 1.807) is 11.0 Å². The van der Waals surface area contributed by atoms with E-state index in [2.05, 4.69) is 26.3 Å². The molecule has 0 N–H and O–H groups in total. The molecule has 0 saturated carbocycles. The third kappa shape index (κ3) is 4.17. The summed E-state index contributed by atoms with van der Waals surface area (Å²) >= 11 is 1.27. The number of benzene rings is 1. The van der Waals surface area contributed by atoms with Crippen LogP contribution in [0.25, 0.3) is 0 Å². The van der Waals surface area contributed by atoms with Gasteiger partial charge in [0.25, 0.3) is 5.22 Å². The second-order valence-corrected chi connectivity index (χ2v) is 6.13. The number of thioether (sulfide) groups is 1. The molecule has 0 spiro atoms.